The van der Waals surface area contributed by atoms with Gasteiger partial charge in [0.25, 0.3) is 0 Å². The topological polar surface area (TPSA) is 42.7 Å². The van der Waals surface area contributed by atoms with Gasteiger partial charge in [-0.3, -0.25) is 4.68 Å². The van der Waals surface area contributed by atoms with Crippen LogP contribution in [0.1, 0.15) is 24.4 Å². The first kappa shape index (κ1) is 14.3. The second kappa shape index (κ2) is 6.37. The Morgan fingerprint density at radius 3 is 2.79 bits per heavy atom. The summed E-state index contributed by atoms with van der Waals surface area (Å²) >= 11 is 12.2. The molecule has 4 nitrogen and oxygen atoms in total. The summed E-state index contributed by atoms with van der Waals surface area (Å²) in [5.41, 5.74) is 1.01. The van der Waals surface area contributed by atoms with Crippen LogP contribution in [0.25, 0.3) is 0 Å². The van der Waals surface area contributed by atoms with E-state index in [0.717, 1.165) is 24.4 Å². The third-order valence-corrected chi connectivity index (χ3v) is 3.63. The molecular formula is C13H16Cl2N4. The molecule has 0 aliphatic carbocycles. The number of aromatic nitrogens is 3. The van der Waals surface area contributed by atoms with E-state index >= 15 is 0 Å². The van der Waals surface area contributed by atoms with Gasteiger partial charge in [-0.05, 0) is 31.7 Å². The lowest BCUT2D eigenvalue weighted by Gasteiger charge is -2.18. The number of rotatable bonds is 5. The summed E-state index contributed by atoms with van der Waals surface area (Å²) in [6.45, 7) is 2.85. The average molecular weight is 299 g/mol. The van der Waals surface area contributed by atoms with Crippen molar-refractivity contribution in [3.8, 4) is 0 Å². The Bertz CT molecular complexity index is 553. The zero-order valence-corrected chi connectivity index (χ0v) is 12.4. The Morgan fingerprint density at radius 2 is 2.16 bits per heavy atom. The van der Waals surface area contributed by atoms with Crippen molar-refractivity contribution in [2.24, 2.45) is 0 Å². The van der Waals surface area contributed by atoms with E-state index in [1.54, 1.807) is 12.4 Å². The maximum absolute atomic E-state index is 6.25. The molecule has 0 saturated carbocycles. The molecule has 0 fully saturated rings. The zero-order chi connectivity index (χ0) is 13.8. The average Bonchev–Trinajstić information content (AvgIpc) is 2.84. The molecule has 1 aromatic carbocycles. The molecular weight excluding hydrogens is 283 g/mol. The van der Waals surface area contributed by atoms with E-state index in [2.05, 4.69) is 15.4 Å². The first-order valence-corrected chi connectivity index (χ1v) is 6.90. The molecule has 2 rings (SSSR count). The maximum atomic E-state index is 6.25. The molecule has 0 saturated heterocycles. The van der Waals surface area contributed by atoms with Crippen LogP contribution >= 0.6 is 23.2 Å². The SMILES string of the molecule is CCn1ncnc1CC(NC)c1ccc(Cl)cc1Cl. The highest BCUT2D eigenvalue weighted by Gasteiger charge is 2.16. The third kappa shape index (κ3) is 3.26. The van der Waals surface area contributed by atoms with Gasteiger partial charge in [0.05, 0.1) is 0 Å². The molecule has 0 aliphatic rings. The van der Waals surface area contributed by atoms with Crippen LogP contribution in [0.2, 0.25) is 10.0 Å². The zero-order valence-electron chi connectivity index (χ0n) is 10.9. The number of benzene rings is 1. The standard InChI is InChI=1S/C13H16Cl2N4/c1-3-19-13(17-8-18-19)7-12(16-2)10-5-4-9(14)6-11(10)15/h4-6,8,12,16H,3,7H2,1-2H3. The molecule has 0 amide bonds. The van der Waals surface area contributed by atoms with Gasteiger partial charge in [0, 0.05) is 29.1 Å². The highest BCUT2D eigenvalue weighted by molar-refractivity contribution is 6.35. The predicted octanol–water partition coefficient (Wildman–Crippen LogP) is 3.11. The van der Waals surface area contributed by atoms with Crippen molar-refractivity contribution < 1.29 is 0 Å². The van der Waals surface area contributed by atoms with E-state index in [1.807, 2.05) is 30.8 Å². The van der Waals surface area contributed by atoms with Gasteiger partial charge in [-0.15, -0.1) is 0 Å². The molecule has 1 atom stereocenters. The van der Waals surface area contributed by atoms with Crippen LogP contribution < -0.4 is 5.32 Å². The van der Waals surface area contributed by atoms with Crippen molar-refractivity contribution in [1.29, 1.82) is 0 Å². The van der Waals surface area contributed by atoms with Crippen LogP contribution in [0.15, 0.2) is 24.5 Å². The summed E-state index contributed by atoms with van der Waals surface area (Å²) in [7, 11) is 1.91. The molecule has 102 valence electrons. The molecule has 0 bridgehead atoms. The molecule has 1 N–H and O–H groups in total. The monoisotopic (exact) mass is 298 g/mol. The van der Waals surface area contributed by atoms with E-state index in [4.69, 9.17) is 23.2 Å². The van der Waals surface area contributed by atoms with Crippen LogP contribution in [0.4, 0.5) is 0 Å². The normalized spacial score (nSPS) is 12.6. The summed E-state index contributed by atoms with van der Waals surface area (Å²) in [5, 5.41) is 8.74. The molecule has 1 heterocycles. The molecule has 2 aromatic rings. The smallest absolute Gasteiger partial charge is 0.138 e. The quantitative estimate of drug-likeness (QED) is 0.922. The first-order valence-electron chi connectivity index (χ1n) is 6.14. The van der Waals surface area contributed by atoms with Gasteiger partial charge in [-0.25, -0.2) is 4.98 Å². The minimum absolute atomic E-state index is 0.0827. The lowest BCUT2D eigenvalue weighted by molar-refractivity contribution is 0.534. The summed E-state index contributed by atoms with van der Waals surface area (Å²) in [6.07, 6.45) is 2.31. The fourth-order valence-corrected chi connectivity index (χ4v) is 2.58. The van der Waals surface area contributed by atoms with Crippen molar-refractivity contribution in [2.75, 3.05) is 7.05 Å². The Kier molecular flexibility index (Phi) is 4.80. The Balaban J connectivity index is 2.25. The van der Waals surface area contributed by atoms with Crippen molar-refractivity contribution >= 4 is 23.2 Å². The van der Waals surface area contributed by atoms with E-state index in [9.17, 15) is 0 Å². The van der Waals surface area contributed by atoms with Crippen LogP contribution in [0, 0.1) is 0 Å². The number of halogens is 2. The van der Waals surface area contributed by atoms with E-state index in [1.165, 1.54) is 0 Å². The Hall–Kier alpha value is -1.10. The summed E-state index contributed by atoms with van der Waals surface area (Å²) < 4.78 is 1.88. The second-order valence-corrected chi connectivity index (χ2v) is 5.05. The third-order valence-electron chi connectivity index (χ3n) is 3.07. The number of hydrogen-bond acceptors (Lipinski definition) is 3. The number of likely N-dealkylation sites (N-methyl/N-ethyl adjacent to an activating group) is 1. The van der Waals surface area contributed by atoms with Crippen molar-refractivity contribution in [3.63, 3.8) is 0 Å². The van der Waals surface area contributed by atoms with Crippen molar-refractivity contribution in [3.05, 3.63) is 46.0 Å². The van der Waals surface area contributed by atoms with Gasteiger partial charge >= 0.3 is 0 Å². The van der Waals surface area contributed by atoms with Gasteiger partial charge in [0.15, 0.2) is 0 Å². The van der Waals surface area contributed by atoms with Crippen molar-refractivity contribution in [1.82, 2.24) is 20.1 Å². The number of nitrogens with one attached hydrogen (secondary N) is 1. The van der Waals surface area contributed by atoms with E-state index < -0.39 is 0 Å². The summed E-state index contributed by atoms with van der Waals surface area (Å²) in [4.78, 5) is 4.29. The maximum Gasteiger partial charge on any atom is 0.138 e. The highest BCUT2D eigenvalue weighted by Crippen LogP contribution is 2.27. The van der Waals surface area contributed by atoms with Gasteiger partial charge in [0.2, 0.25) is 0 Å². The largest absolute Gasteiger partial charge is 0.313 e. The molecule has 1 aromatic heterocycles. The van der Waals surface area contributed by atoms with Gasteiger partial charge in [-0.2, -0.15) is 5.10 Å². The fourth-order valence-electron chi connectivity index (χ4n) is 2.04. The summed E-state index contributed by atoms with van der Waals surface area (Å²) in [5.74, 6) is 0.938. The molecule has 0 aliphatic heterocycles. The number of nitrogens with zero attached hydrogens (tertiary/aromatic N) is 3. The minimum atomic E-state index is 0.0827. The molecule has 6 heteroatoms. The van der Waals surface area contributed by atoms with Crippen LogP contribution in [0.5, 0.6) is 0 Å². The first-order chi connectivity index (χ1) is 9.15. The lowest BCUT2D eigenvalue weighted by atomic mass is 10.0. The number of hydrogen-bond donors (Lipinski definition) is 1. The van der Waals surface area contributed by atoms with Gasteiger partial charge < -0.3 is 5.32 Å². The lowest BCUT2D eigenvalue weighted by Crippen LogP contribution is -2.21. The highest BCUT2D eigenvalue weighted by atomic mass is 35.5. The van der Waals surface area contributed by atoms with Crippen LogP contribution in [0.3, 0.4) is 0 Å². The fraction of sp³-hybridized carbons (Fsp3) is 0.385. The second-order valence-electron chi connectivity index (χ2n) is 4.20. The van der Waals surface area contributed by atoms with Crippen molar-refractivity contribution in [2.45, 2.75) is 25.9 Å². The van der Waals surface area contributed by atoms with E-state index in [-0.39, 0.29) is 6.04 Å². The predicted molar refractivity (Wildman–Crippen MR) is 77.7 cm³/mol. The van der Waals surface area contributed by atoms with Crippen LogP contribution in [-0.4, -0.2) is 21.8 Å². The molecule has 0 spiro atoms. The molecule has 0 radical (unpaired) electrons. The Morgan fingerprint density at radius 1 is 1.37 bits per heavy atom. The van der Waals surface area contributed by atoms with E-state index in [0.29, 0.717) is 10.0 Å². The summed E-state index contributed by atoms with van der Waals surface area (Å²) in [6, 6.07) is 5.63. The molecule has 19 heavy (non-hydrogen) atoms. The van der Waals surface area contributed by atoms with Gasteiger partial charge in [-0.1, -0.05) is 29.3 Å². The minimum Gasteiger partial charge on any atom is -0.313 e. The molecule has 1 unspecified atom stereocenters. The number of aryl methyl sites for hydroxylation is 1. The van der Waals surface area contributed by atoms with Crippen LogP contribution in [-0.2, 0) is 13.0 Å². The Labute approximate surface area is 122 Å². The van der Waals surface area contributed by atoms with Gasteiger partial charge in [0.1, 0.15) is 12.2 Å².